The van der Waals surface area contributed by atoms with Gasteiger partial charge >= 0.3 is 0 Å². The third-order valence-electron chi connectivity index (χ3n) is 6.20. The second-order valence-corrected chi connectivity index (χ2v) is 8.19. The summed E-state index contributed by atoms with van der Waals surface area (Å²) < 4.78 is 11.5. The Morgan fingerprint density at radius 3 is 2.16 bits per heavy atom. The lowest BCUT2D eigenvalue weighted by atomic mass is 10.1. The van der Waals surface area contributed by atoms with Gasteiger partial charge in [0, 0.05) is 32.7 Å². The van der Waals surface area contributed by atoms with E-state index in [2.05, 4.69) is 4.90 Å². The van der Waals surface area contributed by atoms with Gasteiger partial charge in [0.15, 0.2) is 11.5 Å². The maximum absolute atomic E-state index is 12.9. The summed E-state index contributed by atoms with van der Waals surface area (Å²) in [5.41, 5.74) is 0.974. The first-order valence-corrected chi connectivity index (χ1v) is 11.0. The molecular weight excluding hydrogens is 410 g/mol. The lowest BCUT2D eigenvalue weighted by molar-refractivity contribution is -0.143. The topological polar surface area (TPSA) is 79.4 Å². The molecule has 8 heteroatoms. The standard InChI is InChI=1S/C24H25N3O5/c28-22-17-6-1-2-7-18(17)23(29)27(22)11-5-10-25-12-14-26(15-13-25)24(30)21-16-31-19-8-3-4-9-20(19)32-21/h1-4,6-9,21H,5,10-16H2. The SMILES string of the molecule is O=C(C1COc2ccccc2O1)N1CCN(CCCN2C(=O)c3ccccc3C2=O)CC1. The van der Waals surface area contributed by atoms with Gasteiger partial charge < -0.3 is 14.4 Å². The van der Waals surface area contributed by atoms with Crippen molar-refractivity contribution in [2.24, 2.45) is 0 Å². The van der Waals surface area contributed by atoms with Gasteiger partial charge in [-0.2, -0.15) is 0 Å². The average Bonchev–Trinajstić information content (AvgIpc) is 3.09. The lowest BCUT2D eigenvalue weighted by Crippen LogP contribution is -2.54. The summed E-state index contributed by atoms with van der Waals surface area (Å²) in [4.78, 5) is 43.2. The normalized spacial score (nSPS) is 20.4. The van der Waals surface area contributed by atoms with Crippen molar-refractivity contribution in [3.8, 4) is 11.5 Å². The second-order valence-electron chi connectivity index (χ2n) is 8.19. The Bertz CT molecular complexity index is 1010. The number of nitrogens with zero attached hydrogens (tertiary/aromatic N) is 3. The van der Waals surface area contributed by atoms with Crippen LogP contribution >= 0.6 is 0 Å². The summed E-state index contributed by atoms with van der Waals surface area (Å²) >= 11 is 0. The summed E-state index contributed by atoms with van der Waals surface area (Å²) in [6, 6.07) is 14.3. The molecule has 0 radical (unpaired) electrons. The van der Waals surface area contributed by atoms with E-state index in [0.717, 1.165) is 19.6 Å². The molecule has 0 aliphatic carbocycles. The van der Waals surface area contributed by atoms with Crippen LogP contribution in [0, 0.1) is 0 Å². The number of carbonyl (C=O) groups excluding carboxylic acids is 3. The van der Waals surface area contributed by atoms with E-state index in [1.165, 1.54) is 4.90 Å². The van der Waals surface area contributed by atoms with Gasteiger partial charge in [-0.25, -0.2) is 0 Å². The summed E-state index contributed by atoms with van der Waals surface area (Å²) in [5.74, 6) is 0.795. The molecule has 32 heavy (non-hydrogen) atoms. The molecule has 2 aromatic rings. The van der Waals surface area contributed by atoms with Crippen LogP contribution in [0.15, 0.2) is 48.5 Å². The molecule has 0 saturated carbocycles. The fourth-order valence-corrected chi connectivity index (χ4v) is 4.43. The van der Waals surface area contributed by atoms with E-state index in [4.69, 9.17) is 9.47 Å². The molecule has 3 aliphatic rings. The number of imide groups is 1. The highest BCUT2D eigenvalue weighted by atomic mass is 16.6. The van der Waals surface area contributed by atoms with E-state index in [9.17, 15) is 14.4 Å². The van der Waals surface area contributed by atoms with Crippen LogP contribution in [-0.2, 0) is 4.79 Å². The van der Waals surface area contributed by atoms with Gasteiger partial charge in [-0.3, -0.25) is 24.2 Å². The van der Waals surface area contributed by atoms with Crippen molar-refractivity contribution in [1.82, 2.24) is 14.7 Å². The van der Waals surface area contributed by atoms with Crippen molar-refractivity contribution in [3.63, 3.8) is 0 Å². The van der Waals surface area contributed by atoms with Crippen LogP contribution in [0.1, 0.15) is 27.1 Å². The monoisotopic (exact) mass is 435 g/mol. The van der Waals surface area contributed by atoms with Crippen LogP contribution in [-0.4, -0.2) is 84.4 Å². The summed E-state index contributed by atoms with van der Waals surface area (Å²) in [6.07, 6.45) is 0.0840. The van der Waals surface area contributed by atoms with Gasteiger partial charge in [-0.1, -0.05) is 24.3 Å². The van der Waals surface area contributed by atoms with Crippen molar-refractivity contribution in [3.05, 3.63) is 59.7 Å². The first-order chi connectivity index (χ1) is 15.6. The minimum absolute atomic E-state index is 0.0508. The number of amides is 3. The first-order valence-electron chi connectivity index (χ1n) is 11.0. The van der Waals surface area contributed by atoms with E-state index in [1.807, 2.05) is 23.1 Å². The van der Waals surface area contributed by atoms with Gasteiger partial charge in [0.05, 0.1) is 11.1 Å². The first kappa shape index (κ1) is 20.5. The third-order valence-corrected chi connectivity index (χ3v) is 6.20. The molecule has 166 valence electrons. The van der Waals surface area contributed by atoms with E-state index in [0.29, 0.717) is 48.7 Å². The van der Waals surface area contributed by atoms with Gasteiger partial charge in [0.25, 0.3) is 17.7 Å². The predicted octanol–water partition coefficient (Wildman–Crippen LogP) is 1.66. The van der Waals surface area contributed by atoms with Crippen molar-refractivity contribution in [2.45, 2.75) is 12.5 Å². The number of benzene rings is 2. The number of carbonyl (C=O) groups is 3. The molecule has 1 fully saturated rings. The minimum atomic E-state index is -0.620. The summed E-state index contributed by atoms with van der Waals surface area (Å²) in [7, 11) is 0. The smallest absolute Gasteiger partial charge is 0.267 e. The highest BCUT2D eigenvalue weighted by Gasteiger charge is 2.35. The number of hydrogen-bond donors (Lipinski definition) is 0. The van der Waals surface area contributed by atoms with Gasteiger partial charge in [0.1, 0.15) is 6.61 Å². The maximum atomic E-state index is 12.9. The molecule has 1 saturated heterocycles. The average molecular weight is 435 g/mol. The summed E-state index contributed by atoms with van der Waals surface area (Å²) in [6.45, 7) is 4.12. The molecule has 5 rings (SSSR count). The number of para-hydroxylation sites is 2. The van der Waals surface area contributed by atoms with Crippen LogP contribution in [0.4, 0.5) is 0 Å². The Morgan fingerprint density at radius 1 is 0.844 bits per heavy atom. The Kier molecular flexibility index (Phi) is 5.53. The zero-order valence-electron chi connectivity index (χ0n) is 17.7. The Labute approximate surface area is 186 Å². The van der Waals surface area contributed by atoms with Crippen molar-refractivity contribution >= 4 is 17.7 Å². The molecule has 3 amide bonds. The zero-order valence-corrected chi connectivity index (χ0v) is 17.7. The zero-order chi connectivity index (χ0) is 22.1. The van der Waals surface area contributed by atoms with E-state index in [1.54, 1.807) is 30.3 Å². The Balaban J connectivity index is 1.07. The molecule has 0 N–H and O–H groups in total. The highest BCUT2D eigenvalue weighted by Crippen LogP contribution is 2.31. The van der Waals surface area contributed by atoms with E-state index >= 15 is 0 Å². The lowest BCUT2D eigenvalue weighted by Gasteiger charge is -2.37. The van der Waals surface area contributed by atoms with E-state index in [-0.39, 0.29) is 24.3 Å². The van der Waals surface area contributed by atoms with Crippen molar-refractivity contribution < 1.29 is 23.9 Å². The molecule has 3 heterocycles. The minimum Gasteiger partial charge on any atom is -0.485 e. The predicted molar refractivity (Wildman–Crippen MR) is 116 cm³/mol. The van der Waals surface area contributed by atoms with Gasteiger partial charge in [-0.05, 0) is 37.2 Å². The Morgan fingerprint density at radius 2 is 1.47 bits per heavy atom. The molecule has 2 aromatic carbocycles. The number of hydrogen-bond acceptors (Lipinski definition) is 6. The van der Waals surface area contributed by atoms with Crippen LogP contribution in [0.5, 0.6) is 11.5 Å². The van der Waals surface area contributed by atoms with Crippen molar-refractivity contribution in [1.29, 1.82) is 0 Å². The fourth-order valence-electron chi connectivity index (χ4n) is 4.43. The highest BCUT2D eigenvalue weighted by molar-refractivity contribution is 6.21. The van der Waals surface area contributed by atoms with Crippen LogP contribution < -0.4 is 9.47 Å². The molecule has 8 nitrogen and oxygen atoms in total. The molecule has 1 atom stereocenters. The van der Waals surface area contributed by atoms with Crippen LogP contribution in [0.25, 0.3) is 0 Å². The van der Waals surface area contributed by atoms with Crippen LogP contribution in [0.3, 0.4) is 0 Å². The Hall–Kier alpha value is -3.39. The fraction of sp³-hybridized carbons (Fsp3) is 0.375. The summed E-state index contributed by atoms with van der Waals surface area (Å²) in [5, 5.41) is 0. The second kappa shape index (κ2) is 8.63. The number of fused-ring (bicyclic) bond motifs is 2. The number of ether oxygens (including phenoxy) is 2. The third kappa shape index (κ3) is 3.82. The quantitative estimate of drug-likeness (QED) is 0.665. The molecule has 1 unspecified atom stereocenters. The number of rotatable bonds is 5. The molecular formula is C24H25N3O5. The van der Waals surface area contributed by atoms with Gasteiger partial charge in [0.2, 0.25) is 6.10 Å². The molecule has 0 aromatic heterocycles. The van der Waals surface area contributed by atoms with Crippen LogP contribution in [0.2, 0.25) is 0 Å². The van der Waals surface area contributed by atoms with E-state index < -0.39 is 6.10 Å². The number of piperazine rings is 1. The molecule has 0 spiro atoms. The van der Waals surface area contributed by atoms with Crippen molar-refractivity contribution in [2.75, 3.05) is 45.9 Å². The largest absolute Gasteiger partial charge is 0.485 e. The van der Waals surface area contributed by atoms with Gasteiger partial charge in [-0.15, -0.1) is 0 Å². The molecule has 3 aliphatic heterocycles. The molecule has 0 bridgehead atoms. The maximum Gasteiger partial charge on any atom is 0.267 e.